The number of hydrogen-bond donors (Lipinski definition) is 5. The van der Waals surface area contributed by atoms with Crippen LogP contribution in [-0.4, -0.2) is 5.11 Å². The third-order valence-electron chi connectivity index (χ3n) is 5.38. The van der Waals surface area contributed by atoms with Crippen LogP contribution in [0.3, 0.4) is 0 Å². The summed E-state index contributed by atoms with van der Waals surface area (Å²) < 4.78 is 0. The van der Waals surface area contributed by atoms with E-state index < -0.39 is 0 Å². The molecule has 7 heteroatoms. The molecule has 0 amide bonds. The van der Waals surface area contributed by atoms with Crippen molar-refractivity contribution in [3.05, 3.63) is 47.5 Å². The predicted molar refractivity (Wildman–Crippen MR) is 134 cm³/mol. The monoisotopic (exact) mass is 428 g/mol. The molecule has 0 saturated heterocycles. The van der Waals surface area contributed by atoms with E-state index in [0.717, 1.165) is 85.2 Å². The maximum atomic E-state index is 6.29. The molecule has 2 aromatic carbocycles. The molecule has 8 N–H and O–H groups in total. The summed E-state index contributed by atoms with van der Waals surface area (Å²) >= 11 is 5.53. The topological polar surface area (TPSA) is 105 Å². The van der Waals surface area contributed by atoms with Gasteiger partial charge in [-0.05, 0) is 62.2 Å². The van der Waals surface area contributed by atoms with Crippen LogP contribution in [0.4, 0.5) is 22.7 Å². The third-order valence-corrected chi connectivity index (χ3v) is 5.56. The highest BCUT2D eigenvalue weighted by atomic mass is 32.1. The minimum Gasteiger partial charge on any atom is -0.376 e. The minimum atomic E-state index is 0.298. The number of benzene rings is 2. The highest BCUT2D eigenvalue weighted by Crippen LogP contribution is 2.38. The first kappa shape index (κ1) is 23.9. The first-order valence-corrected chi connectivity index (χ1v) is 11.3. The van der Waals surface area contributed by atoms with E-state index in [9.17, 15) is 0 Å². The van der Waals surface area contributed by atoms with E-state index in [1.807, 2.05) is 29.2 Å². The number of unbranched alkanes of at least 4 members (excludes halogenated alkanes) is 4. The Morgan fingerprint density at radius 2 is 1.23 bits per heavy atom. The van der Waals surface area contributed by atoms with Gasteiger partial charge in [0.05, 0.1) is 22.7 Å². The molecular weight excluding hydrogens is 392 g/mol. The fourth-order valence-corrected chi connectivity index (χ4v) is 4.03. The van der Waals surface area contributed by atoms with E-state index in [-0.39, 0.29) is 0 Å². The highest BCUT2D eigenvalue weighted by molar-refractivity contribution is 7.80. The lowest BCUT2D eigenvalue weighted by molar-refractivity contribution is 0.716. The van der Waals surface area contributed by atoms with Crippen LogP contribution in [0.5, 0.6) is 0 Å². The zero-order valence-corrected chi connectivity index (χ0v) is 19.0. The number of nitrogens with zero attached hydrogens (tertiary/aromatic N) is 1. The molecule has 0 aliphatic heterocycles. The number of hydrogen-bond acceptors (Lipinski definition) is 5. The Labute approximate surface area is 186 Å². The van der Waals surface area contributed by atoms with Gasteiger partial charge >= 0.3 is 0 Å². The van der Waals surface area contributed by atoms with Gasteiger partial charge in [0.15, 0.2) is 5.11 Å². The second-order valence-electron chi connectivity index (χ2n) is 7.48. The molecule has 0 saturated carbocycles. The second-order valence-corrected chi connectivity index (χ2v) is 7.90. The standard InChI is InChI=1S/C23H36N6S/c1-3-5-7-11-17-19(27-25)13-9-15-21(17)29(23(24)30)22-16-10-14-20(28-26)18(22)12-8-6-4-2/h9-10,13-16,27-28H,3-8,11-12,25-26H2,1-2H3,(H2,24,30). The fraction of sp³-hybridized carbons (Fsp3) is 0.435. The Morgan fingerprint density at radius 1 is 0.800 bits per heavy atom. The maximum Gasteiger partial charge on any atom is 0.175 e. The van der Waals surface area contributed by atoms with Crippen molar-refractivity contribution < 1.29 is 0 Å². The molecule has 0 aromatic heterocycles. The minimum absolute atomic E-state index is 0.298. The molecule has 0 fully saturated rings. The highest BCUT2D eigenvalue weighted by Gasteiger charge is 2.22. The summed E-state index contributed by atoms with van der Waals surface area (Å²) in [5.74, 6) is 11.7. The molecule has 0 heterocycles. The van der Waals surface area contributed by atoms with E-state index in [4.69, 9.17) is 29.6 Å². The molecule has 6 nitrogen and oxygen atoms in total. The van der Waals surface area contributed by atoms with Crippen molar-refractivity contribution in [2.45, 2.75) is 65.2 Å². The Kier molecular flexibility index (Phi) is 9.86. The summed E-state index contributed by atoms with van der Waals surface area (Å²) in [7, 11) is 0. The van der Waals surface area contributed by atoms with Gasteiger partial charge in [-0.3, -0.25) is 16.6 Å². The molecule has 0 radical (unpaired) electrons. The summed E-state index contributed by atoms with van der Waals surface area (Å²) in [6.07, 6.45) is 8.53. The summed E-state index contributed by atoms with van der Waals surface area (Å²) in [6.45, 7) is 4.40. The number of rotatable bonds is 12. The van der Waals surface area contributed by atoms with E-state index in [1.165, 1.54) is 0 Å². The van der Waals surface area contributed by atoms with Crippen LogP contribution in [-0.2, 0) is 12.8 Å². The number of thiocarbonyl (C=S) groups is 1. The van der Waals surface area contributed by atoms with Crippen LogP contribution in [0.1, 0.15) is 63.5 Å². The van der Waals surface area contributed by atoms with Crippen molar-refractivity contribution in [1.82, 2.24) is 0 Å². The van der Waals surface area contributed by atoms with Gasteiger partial charge in [-0.1, -0.05) is 51.7 Å². The van der Waals surface area contributed by atoms with Gasteiger partial charge in [-0.2, -0.15) is 0 Å². The van der Waals surface area contributed by atoms with E-state index in [0.29, 0.717) is 5.11 Å². The van der Waals surface area contributed by atoms with Crippen LogP contribution in [0.2, 0.25) is 0 Å². The predicted octanol–water partition coefficient (Wildman–Crippen LogP) is 5.10. The van der Waals surface area contributed by atoms with E-state index in [1.54, 1.807) is 0 Å². The summed E-state index contributed by atoms with van der Waals surface area (Å²) in [6, 6.07) is 12.0. The van der Waals surface area contributed by atoms with Crippen molar-refractivity contribution in [1.29, 1.82) is 0 Å². The molecule has 0 aliphatic carbocycles. The fourth-order valence-electron chi connectivity index (χ4n) is 3.83. The first-order chi connectivity index (χ1) is 14.6. The van der Waals surface area contributed by atoms with Gasteiger partial charge < -0.3 is 16.6 Å². The lowest BCUT2D eigenvalue weighted by Gasteiger charge is -2.30. The molecule has 0 aliphatic rings. The SMILES string of the molecule is CCCCCc1c(NN)cccc1N(C(N)=S)c1cccc(NN)c1CCCCC. The normalized spacial score (nSPS) is 10.7. The average Bonchev–Trinajstić information content (AvgIpc) is 2.75. The van der Waals surface area contributed by atoms with Gasteiger partial charge in [0.1, 0.15) is 0 Å². The van der Waals surface area contributed by atoms with Crippen LogP contribution in [0, 0.1) is 0 Å². The quantitative estimate of drug-likeness (QED) is 0.138. The van der Waals surface area contributed by atoms with Crippen LogP contribution in [0.25, 0.3) is 0 Å². The summed E-state index contributed by atoms with van der Waals surface area (Å²) in [4.78, 5) is 1.96. The van der Waals surface area contributed by atoms with Crippen LogP contribution < -0.4 is 33.2 Å². The molecule has 0 atom stereocenters. The largest absolute Gasteiger partial charge is 0.376 e. The molecule has 0 unspecified atom stereocenters. The molecule has 30 heavy (non-hydrogen) atoms. The van der Waals surface area contributed by atoms with Crippen LogP contribution in [0.15, 0.2) is 36.4 Å². The number of nitrogen functional groups attached to an aromatic ring is 2. The van der Waals surface area contributed by atoms with Gasteiger partial charge in [-0.15, -0.1) is 0 Å². The van der Waals surface area contributed by atoms with Gasteiger partial charge in [-0.25, -0.2) is 0 Å². The van der Waals surface area contributed by atoms with Crippen LogP contribution >= 0.6 is 12.2 Å². The Hall–Kier alpha value is -2.35. The molecule has 2 aromatic rings. The Morgan fingerprint density at radius 3 is 1.57 bits per heavy atom. The van der Waals surface area contributed by atoms with Crippen molar-refractivity contribution in [3.63, 3.8) is 0 Å². The van der Waals surface area contributed by atoms with Crippen molar-refractivity contribution >= 4 is 40.1 Å². The molecular formula is C23H36N6S. The van der Waals surface area contributed by atoms with Crippen molar-refractivity contribution in [2.75, 3.05) is 15.8 Å². The molecule has 2 rings (SSSR count). The zero-order valence-electron chi connectivity index (χ0n) is 18.2. The third kappa shape index (κ3) is 5.84. The number of nitrogens with two attached hydrogens (primary N) is 3. The zero-order chi connectivity index (χ0) is 21.9. The lowest BCUT2D eigenvalue weighted by atomic mass is 9.99. The van der Waals surface area contributed by atoms with E-state index in [2.05, 4.69) is 36.8 Å². The summed E-state index contributed by atoms with van der Waals surface area (Å²) in [5.41, 5.74) is 17.9. The van der Waals surface area contributed by atoms with Gasteiger partial charge in [0.2, 0.25) is 0 Å². The van der Waals surface area contributed by atoms with Crippen molar-refractivity contribution in [3.8, 4) is 0 Å². The van der Waals surface area contributed by atoms with Gasteiger partial charge in [0, 0.05) is 11.1 Å². The number of nitrogens with one attached hydrogen (secondary N) is 2. The molecule has 164 valence electrons. The first-order valence-electron chi connectivity index (χ1n) is 10.9. The van der Waals surface area contributed by atoms with Gasteiger partial charge in [0.25, 0.3) is 0 Å². The lowest BCUT2D eigenvalue weighted by Crippen LogP contribution is -2.33. The average molecular weight is 429 g/mol. The smallest absolute Gasteiger partial charge is 0.175 e. The second kappa shape index (κ2) is 12.4. The molecule has 0 spiro atoms. The Bertz CT molecular complexity index is 762. The number of anilines is 4. The maximum absolute atomic E-state index is 6.29. The van der Waals surface area contributed by atoms with E-state index >= 15 is 0 Å². The van der Waals surface area contributed by atoms with Crippen molar-refractivity contribution in [2.24, 2.45) is 17.4 Å². The Balaban J connectivity index is 2.59. The summed E-state index contributed by atoms with van der Waals surface area (Å²) in [5, 5.41) is 0.298. The molecule has 0 bridgehead atoms. The number of hydrazine groups is 2.